The van der Waals surface area contributed by atoms with Crippen molar-refractivity contribution >= 4 is 0 Å². The summed E-state index contributed by atoms with van der Waals surface area (Å²) in [5.74, 6) is -2.04. The number of benzene rings is 2. The SMILES string of the molecule is CC(N)Cc1cccc(F)c1OCc1c(F)cccc1F. The molecule has 0 saturated carbocycles. The van der Waals surface area contributed by atoms with E-state index >= 15 is 0 Å². The van der Waals surface area contributed by atoms with Crippen molar-refractivity contribution in [3.63, 3.8) is 0 Å². The minimum Gasteiger partial charge on any atom is -0.485 e. The Morgan fingerprint density at radius 3 is 2.19 bits per heavy atom. The third-order valence-electron chi connectivity index (χ3n) is 3.01. The summed E-state index contributed by atoms with van der Waals surface area (Å²) >= 11 is 0. The molecule has 2 nitrogen and oxygen atoms in total. The van der Waals surface area contributed by atoms with Gasteiger partial charge in [0.05, 0.1) is 5.56 Å². The quantitative estimate of drug-likeness (QED) is 0.915. The van der Waals surface area contributed by atoms with Gasteiger partial charge in [0, 0.05) is 6.04 Å². The van der Waals surface area contributed by atoms with Crippen molar-refractivity contribution in [2.45, 2.75) is 26.0 Å². The maximum atomic E-state index is 13.9. The van der Waals surface area contributed by atoms with Crippen LogP contribution in [0.4, 0.5) is 13.2 Å². The predicted molar refractivity (Wildman–Crippen MR) is 74.4 cm³/mol. The molecule has 0 bridgehead atoms. The zero-order chi connectivity index (χ0) is 15.4. The number of halogens is 3. The van der Waals surface area contributed by atoms with Crippen molar-refractivity contribution in [3.8, 4) is 5.75 Å². The highest BCUT2D eigenvalue weighted by Gasteiger charge is 2.14. The molecule has 0 spiro atoms. The summed E-state index contributed by atoms with van der Waals surface area (Å²) in [5, 5.41) is 0. The van der Waals surface area contributed by atoms with Gasteiger partial charge in [0.1, 0.15) is 18.2 Å². The standard InChI is InChI=1S/C16H16F3NO/c1-10(20)8-11-4-2-7-15(19)16(11)21-9-12-13(17)5-3-6-14(12)18/h2-7,10H,8-9,20H2,1H3. The summed E-state index contributed by atoms with van der Waals surface area (Å²) in [4.78, 5) is 0. The Bertz CT molecular complexity index is 609. The van der Waals surface area contributed by atoms with Crippen LogP contribution in [0.1, 0.15) is 18.1 Å². The Kier molecular flexibility index (Phi) is 4.85. The lowest BCUT2D eigenvalue weighted by Gasteiger charge is -2.14. The smallest absolute Gasteiger partial charge is 0.165 e. The molecule has 0 fully saturated rings. The Morgan fingerprint density at radius 2 is 1.57 bits per heavy atom. The molecule has 0 aliphatic carbocycles. The Labute approximate surface area is 121 Å². The molecule has 0 heterocycles. The second kappa shape index (κ2) is 6.63. The molecule has 2 aromatic carbocycles. The van der Waals surface area contributed by atoms with Crippen LogP contribution in [0.2, 0.25) is 0 Å². The molecule has 5 heteroatoms. The van der Waals surface area contributed by atoms with E-state index < -0.39 is 17.5 Å². The van der Waals surface area contributed by atoms with Gasteiger partial charge in [0.15, 0.2) is 11.6 Å². The van der Waals surface area contributed by atoms with Crippen LogP contribution in [-0.2, 0) is 13.0 Å². The van der Waals surface area contributed by atoms with E-state index in [2.05, 4.69) is 0 Å². The maximum Gasteiger partial charge on any atom is 0.165 e. The van der Waals surface area contributed by atoms with Gasteiger partial charge >= 0.3 is 0 Å². The molecule has 0 amide bonds. The largest absolute Gasteiger partial charge is 0.485 e. The zero-order valence-corrected chi connectivity index (χ0v) is 11.6. The molecule has 112 valence electrons. The minimum absolute atomic E-state index is 0.0162. The Balaban J connectivity index is 2.24. The summed E-state index contributed by atoms with van der Waals surface area (Å²) in [6, 6.07) is 7.80. The molecule has 2 N–H and O–H groups in total. The second-order valence-electron chi connectivity index (χ2n) is 4.90. The predicted octanol–water partition coefficient (Wildman–Crippen LogP) is 3.57. The summed E-state index contributed by atoms with van der Waals surface area (Å²) < 4.78 is 46.2. The fourth-order valence-corrected chi connectivity index (χ4v) is 2.04. The molecule has 0 aliphatic heterocycles. The van der Waals surface area contributed by atoms with Gasteiger partial charge in [0.2, 0.25) is 0 Å². The highest BCUT2D eigenvalue weighted by Crippen LogP contribution is 2.25. The molecule has 2 aromatic rings. The van der Waals surface area contributed by atoms with Crippen LogP contribution in [0.3, 0.4) is 0 Å². The molecule has 0 radical (unpaired) electrons. The topological polar surface area (TPSA) is 35.2 Å². The zero-order valence-electron chi connectivity index (χ0n) is 11.6. The average molecular weight is 295 g/mol. The van der Waals surface area contributed by atoms with Crippen molar-refractivity contribution in [1.82, 2.24) is 0 Å². The van der Waals surface area contributed by atoms with Crippen molar-refractivity contribution in [2.75, 3.05) is 0 Å². The molecule has 2 rings (SSSR count). The van der Waals surface area contributed by atoms with E-state index in [-0.39, 0.29) is 24.0 Å². The van der Waals surface area contributed by atoms with Gasteiger partial charge in [-0.15, -0.1) is 0 Å². The lowest BCUT2D eigenvalue weighted by atomic mass is 10.1. The first-order valence-corrected chi connectivity index (χ1v) is 6.57. The number of nitrogens with two attached hydrogens (primary N) is 1. The van der Waals surface area contributed by atoms with Crippen LogP contribution in [0.5, 0.6) is 5.75 Å². The lowest BCUT2D eigenvalue weighted by Crippen LogP contribution is -2.18. The van der Waals surface area contributed by atoms with Crippen molar-refractivity contribution in [2.24, 2.45) is 5.73 Å². The summed E-state index contributed by atoms with van der Waals surface area (Å²) in [7, 11) is 0. The molecular weight excluding hydrogens is 279 g/mol. The molecule has 0 aliphatic rings. The van der Waals surface area contributed by atoms with E-state index in [9.17, 15) is 13.2 Å². The van der Waals surface area contributed by atoms with Gasteiger partial charge in [-0.05, 0) is 37.1 Å². The summed E-state index contributed by atoms with van der Waals surface area (Å²) in [5.41, 5.74) is 6.04. The van der Waals surface area contributed by atoms with Crippen LogP contribution >= 0.6 is 0 Å². The third-order valence-corrected chi connectivity index (χ3v) is 3.01. The normalized spacial score (nSPS) is 12.2. The number of hydrogen-bond donors (Lipinski definition) is 1. The Morgan fingerprint density at radius 1 is 1.00 bits per heavy atom. The maximum absolute atomic E-state index is 13.9. The van der Waals surface area contributed by atoms with Gasteiger partial charge in [0.25, 0.3) is 0 Å². The first kappa shape index (κ1) is 15.4. The minimum atomic E-state index is -0.722. The average Bonchev–Trinajstić information content (AvgIpc) is 2.40. The number of rotatable bonds is 5. The van der Waals surface area contributed by atoms with E-state index in [0.717, 1.165) is 12.1 Å². The molecular formula is C16H16F3NO. The van der Waals surface area contributed by atoms with Gasteiger partial charge < -0.3 is 10.5 Å². The van der Waals surface area contributed by atoms with Crippen LogP contribution < -0.4 is 10.5 Å². The van der Waals surface area contributed by atoms with Crippen LogP contribution in [0.25, 0.3) is 0 Å². The molecule has 1 atom stereocenters. The van der Waals surface area contributed by atoms with Crippen LogP contribution in [0, 0.1) is 17.5 Å². The molecule has 21 heavy (non-hydrogen) atoms. The van der Waals surface area contributed by atoms with Crippen molar-refractivity contribution < 1.29 is 17.9 Å². The van der Waals surface area contributed by atoms with E-state index in [4.69, 9.17) is 10.5 Å². The number of para-hydroxylation sites is 1. The van der Waals surface area contributed by atoms with E-state index in [1.807, 2.05) is 0 Å². The fraction of sp³-hybridized carbons (Fsp3) is 0.250. The van der Waals surface area contributed by atoms with Gasteiger partial charge in [-0.1, -0.05) is 18.2 Å². The van der Waals surface area contributed by atoms with Crippen molar-refractivity contribution in [1.29, 1.82) is 0 Å². The second-order valence-corrected chi connectivity index (χ2v) is 4.90. The molecule has 0 saturated heterocycles. The number of ether oxygens (including phenoxy) is 1. The highest BCUT2D eigenvalue weighted by atomic mass is 19.1. The highest BCUT2D eigenvalue weighted by molar-refractivity contribution is 5.36. The van der Waals surface area contributed by atoms with Crippen LogP contribution in [-0.4, -0.2) is 6.04 Å². The van der Waals surface area contributed by atoms with Gasteiger partial charge in [-0.2, -0.15) is 0 Å². The van der Waals surface area contributed by atoms with Gasteiger partial charge in [-0.25, -0.2) is 13.2 Å². The van der Waals surface area contributed by atoms with Crippen LogP contribution in [0.15, 0.2) is 36.4 Å². The lowest BCUT2D eigenvalue weighted by molar-refractivity contribution is 0.275. The molecule has 1 unspecified atom stereocenters. The van der Waals surface area contributed by atoms with E-state index in [0.29, 0.717) is 12.0 Å². The monoisotopic (exact) mass is 295 g/mol. The van der Waals surface area contributed by atoms with E-state index in [1.54, 1.807) is 19.1 Å². The molecule has 0 aromatic heterocycles. The number of hydrogen-bond acceptors (Lipinski definition) is 2. The van der Waals surface area contributed by atoms with Crippen molar-refractivity contribution in [3.05, 3.63) is 65.0 Å². The Hall–Kier alpha value is -2.01. The fourth-order valence-electron chi connectivity index (χ4n) is 2.04. The van der Waals surface area contributed by atoms with Gasteiger partial charge in [-0.3, -0.25) is 0 Å². The first-order chi connectivity index (χ1) is 9.99. The summed E-state index contributed by atoms with van der Waals surface area (Å²) in [6.45, 7) is 1.40. The third kappa shape index (κ3) is 3.76. The first-order valence-electron chi connectivity index (χ1n) is 6.57. The summed E-state index contributed by atoms with van der Waals surface area (Å²) in [6.07, 6.45) is 0.410. The van der Waals surface area contributed by atoms with E-state index in [1.165, 1.54) is 12.1 Å².